The minimum Gasteiger partial charge on any atom is -0.481 e. The molecule has 0 bridgehead atoms. The van der Waals surface area contributed by atoms with Crippen LogP contribution in [0.4, 0.5) is 0 Å². The average Bonchev–Trinajstić information content (AvgIpc) is 3.51. The van der Waals surface area contributed by atoms with Gasteiger partial charge < -0.3 is 20.1 Å². The number of hydrazone groups is 1. The molecule has 1 aliphatic heterocycles. The number of fused-ring (bicyclic) bond motifs is 3. The maximum Gasteiger partial charge on any atom is 0.326 e. The lowest BCUT2D eigenvalue weighted by Gasteiger charge is -2.13. The summed E-state index contributed by atoms with van der Waals surface area (Å²) in [6, 6.07) is 19.4. The molecule has 1 amide bonds. The number of carboxylic acids is 2. The van der Waals surface area contributed by atoms with E-state index in [-0.39, 0.29) is 5.56 Å². The molecule has 0 saturated carbocycles. The highest BCUT2D eigenvalue weighted by atomic mass is 16.4. The van der Waals surface area contributed by atoms with Crippen molar-refractivity contribution in [1.29, 1.82) is 0 Å². The largest absolute Gasteiger partial charge is 0.481 e. The molecule has 0 spiro atoms. The molecule has 11 nitrogen and oxygen atoms in total. The first-order valence-electron chi connectivity index (χ1n) is 11.1. The highest BCUT2D eigenvalue weighted by molar-refractivity contribution is 6.11. The van der Waals surface area contributed by atoms with Crippen molar-refractivity contribution < 1.29 is 24.6 Å². The summed E-state index contributed by atoms with van der Waals surface area (Å²) in [7, 11) is 0. The molecule has 1 aliphatic rings. The van der Waals surface area contributed by atoms with Crippen LogP contribution < -0.4 is 21.8 Å². The fourth-order valence-electron chi connectivity index (χ4n) is 4.32. The first-order valence-corrected chi connectivity index (χ1v) is 11.1. The maximum absolute atomic E-state index is 12.7. The summed E-state index contributed by atoms with van der Waals surface area (Å²) in [4.78, 5) is 35.0. The number of para-hydroxylation sites is 1. The van der Waals surface area contributed by atoms with Crippen LogP contribution in [-0.2, 0) is 16.1 Å². The van der Waals surface area contributed by atoms with Gasteiger partial charge in [0, 0.05) is 39.5 Å². The molecule has 11 heteroatoms. The summed E-state index contributed by atoms with van der Waals surface area (Å²) in [6.07, 6.45) is -0.710. The van der Waals surface area contributed by atoms with Gasteiger partial charge in [-0.2, -0.15) is 0 Å². The Morgan fingerprint density at radius 1 is 0.944 bits per heavy atom. The minimum atomic E-state index is -1.52. The van der Waals surface area contributed by atoms with Crippen molar-refractivity contribution in [3.05, 3.63) is 83.4 Å². The van der Waals surface area contributed by atoms with Crippen LogP contribution in [0.3, 0.4) is 0 Å². The molecule has 0 saturated heterocycles. The van der Waals surface area contributed by atoms with Gasteiger partial charge in [0.2, 0.25) is 0 Å². The Morgan fingerprint density at radius 3 is 2.50 bits per heavy atom. The number of nitrogens with zero attached hydrogens (tertiary/aromatic N) is 2. The summed E-state index contributed by atoms with van der Waals surface area (Å²) in [5.74, 6) is -2.69. The number of hydrazine groups is 2. The zero-order chi connectivity index (χ0) is 25.2. The molecule has 6 N–H and O–H groups in total. The van der Waals surface area contributed by atoms with Crippen LogP contribution in [0.25, 0.3) is 21.8 Å². The number of hydrogen-bond donors (Lipinski definition) is 6. The first kappa shape index (κ1) is 22.9. The molecule has 1 atom stereocenters. The van der Waals surface area contributed by atoms with Crippen molar-refractivity contribution >= 4 is 45.5 Å². The van der Waals surface area contributed by atoms with E-state index in [0.717, 1.165) is 32.9 Å². The van der Waals surface area contributed by atoms with Gasteiger partial charge in [0.15, 0.2) is 5.84 Å². The predicted octanol–water partition coefficient (Wildman–Crippen LogP) is 1.77. The quantitative estimate of drug-likeness (QED) is 0.220. The molecule has 0 radical (unpaired) electrons. The monoisotopic (exact) mass is 486 g/mol. The third-order valence-corrected chi connectivity index (χ3v) is 5.96. The fourth-order valence-corrected chi connectivity index (χ4v) is 4.32. The van der Waals surface area contributed by atoms with E-state index in [9.17, 15) is 19.5 Å². The molecule has 0 fully saturated rings. The van der Waals surface area contributed by atoms with Crippen molar-refractivity contribution in [3.8, 4) is 0 Å². The third kappa shape index (κ3) is 4.42. The lowest BCUT2D eigenvalue weighted by molar-refractivity contribution is -0.145. The number of aromatic nitrogens is 1. The average molecular weight is 486 g/mol. The summed E-state index contributed by atoms with van der Waals surface area (Å²) < 4.78 is 2.15. The van der Waals surface area contributed by atoms with Gasteiger partial charge in [-0.25, -0.2) is 10.3 Å². The number of carboxylic acid groups (broad SMARTS) is 2. The topological polar surface area (TPSA) is 157 Å². The highest BCUT2D eigenvalue weighted by Gasteiger charge is 2.24. The number of amidine groups is 1. The predicted molar refractivity (Wildman–Crippen MR) is 132 cm³/mol. The number of carbonyl (C=O) groups excluding carboxylic acids is 1. The molecule has 36 heavy (non-hydrogen) atoms. The van der Waals surface area contributed by atoms with Crippen molar-refractivity contribution in [2.75, 3.05) is 0 Å². The van der Waals surface area contributed by atoms with Crippen molar-refractivity contribution in [2.45, 2.75) is 19.0 Å². The van der Waals surface area contributed by atoms with E-state index < -0.39 is 30.3 Å². The summed E-state index contributed by atoms with van der Waals surface area (Å²) in [6.45, 7) is 0.463. The zero-order valence-electron chi connectivity index (χ0n) is 18.9. The third-order valence-electron chi connectivity index (χ3n) is 5.96. The summed E-state index contributed by atoms with van der Waals surface area (Å²) in [5, 5.41) is 26.7. The first-order chi connectivity index (χ1) is 17.4. The van der Waals surface area contributed by atoms with Crippen LogP contribution in [0.1, 0.15) is 27.9 Å². The summed E-state index contributed by atoms with van der Waals surface area (Å²) >= 11 is 0. The lowest BCUT2D eigenvalue weighted by atomic mass is 10.1. The second-order valence-corrected chi connectivity index (χ2v) is 8.32. The van der Waals surface area contributed by atoms with Crippen molar-refractivity contribution in [1.82, 2.24) is 26.4 Å². The fraction of sp³-hybridized carbons (Fsp3) is 0.120. The Kier molecular flexibility index (Phi) is 5.97. The van der Waals surface area contributed by atoms with Crippen LogP contribution in [0.15, 0.2) is 71.8 Å². The Morgan fingerprint density at radius 2 is 1.75 bits per heavy atom. The molecule has 2 heterocycles. The van der Waals surface area contributed by atoms with Crippen LogP contribution in [0.2, 0.25) is 0 Å². The van der Waals surface area contributed by atoms with Gasteiger partial charge in [0.05, 0.1) is 6.42 Å². The number of aliphatic carboxylic acids is 2. The Hall–Kier alpha value is -4.90. The van der Waals surface area contributed by atoms with Gasteiger partial charge in [0.1, 0.15) is 6.04 Å². The van der Waals surface area contributed by atoms with E-state index >= 15 is 0 Å². The molecule has 0 unspecified atom stereocenters. The second-order valence-electron chi connectivity index (χ2n) is 8.32. The summed E-state index contributed by atoms with van der Waals surface area (Å²) in [5.41, 5.74) is 12.4. The standard InChI is InChI=1S/C25H22N6O5/c32-22(33)12-19(25(35)36)26-24(34)16-5-3-4-14(10-16)13-31-20-7-2-1-6-17(20)18-11-15(8-9-21(18)31)23-27-29-30-28-23/h1-11,19,29-30H,12-13H2,(H,26,34)(H,27,28)(H,32,33)(H,35,36)/t19-/m0/s1. The molecule has 0 aliphatic carbocycles. The smallest absolute Gasteiger partial charge is 0.326 e. The second kappa shape index (κ2) is 9.39. The molecule has 182 valence electrons. The van der Waals surface area contributed by atoms with E-state index in [4.69, 9.17) is 5.11 Å². The van der Waals surface area contributed by atoms with E-state index in [0.29, 0.717) is 12.4 Å². The number of rotatable bonds is 8. The van der Waals surface area contributed by atoms with Crippen LogP contribution >= 0.6 is 0 Å². The van der Waals surface area contributed by atoms with E-state index in [1.165, 1.54) is 0 Å². The molecular weight excluding hydrogens is 464 g/mol. The Bertz CT molecular complexity index is 1540. The maximum atomic E-state index is 12.7. The van der Waals surface area contributed by atoms with Crippen LogP contribution in [0, 0.1) is 0 Å². The number of carbonyl (C=O) groups is 3. The number of benzene rings is 3. The van der Waals surface area contributed by atoms with Gasteiger partial charge in [-0.3, -0.25) is 15.0 Å². The molecule has 5 rings (SSSR count). The normalized spacial score (nSPS) is 13.6. The zero-order valence-corrected chi connectivity index (χ0v) is 18.9. The number of nitrogens with one attached hydrogen (secondary N) is 4. The van der Waals surface area contributed by atoms with Crippen molar-refractivity contribution in [2.24, 2.45) is 5.10 Å². The SMILES string of the molecule is O=C(O)C[C@H](NC(=O)c1cccc(Cn2c3ccccc3c3cc(C4=NNNN4)ccc32)c1)C(=O)O. The van der Waals surface area contributed by atoms with Gasteiger partial charge >= 0.3 is 11.9 Å². The number of amides is 1. The van der Waals surface area contributed by atoms with Crippen LogP contribution in [0.5, 0.6) is 0 Å². The minimum absolute atomic E-state index is 0.248. The van der Waals surface area contributed by atoms with Gasteiger partial charge in [-0.05, 0) is 42.0 Å². The van der Waals surface area contributed by atoms with Gasteiger partial charge in [-0.1, -0.05) is 30.3 Å². The van der Waals surface area contributed by atoms with E-state index in [1.807, 2.05) is 36.4 Å². The van der Waals surface area contributed by atoms with E-state index in [2.05, 4.69) is 43.6 Å². The van der Waals surface area contributed by atoms with Gasteiger partial charge in [0.25, 0.3) is 5.91 Å². The molecule has 1 aromatic heterocycles. The van der Waals surface area contributed by atoms with Crippen LogP contribution in [-0.4, -0.2) is 44.5 Å². The Balaban J connectivity index is 1.47. The van der Waals surface area contributed by atoms with Gasteiger partial charge in [-0.15, -0.1) is 10.6 Å². The highest BCUT2D eigenvalue weighted by Crippen LogP contribution is 2.30. The van der Waals surface area contributed by atoms with Crippen molar-refractivity contribution in [3.63, 3.8) is 0 Å². The molecular formula is C25H22N6O5. The molecule has 3 aromatic carbocycles. The Labute approximate surface area is 204 Å². The molecule has 4 aromatic rings. The number of hydrogen-bond acceptors (Lipinski definition) is 7. The lowest BCUT2D eigenvalue weighted by Crippen LogP contribution is -2.42. The van der Waals surface area contributed by atoms with E-state index in [1.54, 1.807) is 18.2 Å².